The van der Waals surface area contributed by atoms with Gasteiger partial charge in [0.1, 0.15) is 6.54 Å². The van der Waals surface area contributed by atoms with Gasteiger partial charge < -0.3 is 4.52 Å². The van der Waals surface area contributed by atoms with Crippen molar-refractivity contribution in [1.82, 2.24) is 30.0 Å². The van der Waals surface area contributed by atoms with Crippen molar-refractivity contribution < 1.29 is 4.52 Å². The smallest absolute Gasteiger partial charge is 0.250 e. The van der Waals surface area contributed by atoms with Crippen molar-refractivity contribution in [3.05, 3.63) is 60.0 Å². The summed E-state index contributed by atoms with van der Waals surface area (Å²) < 4.78 is 5.46. The highest BCUT2D eigenvalue weighted by Crippen LogP contribution is 2.48. The monoisotopic (exact) mass is 336 g/mol. The number of rotatable bonds is 4. The largest absolute Gasteiger partial charge is 0.337 e. The molecule has 3 aromatic rings. The van der Waals surface area contributed by atoms with Gasteiger partial charge in [-0.05, 0) is 31.4 Å². The van der Waals surface area contributed by atoms with Gasteiger partial charge >= 0.3 is 0 Å². The van der Waals surface area contributed by atoms with Crippen molar-refractivity contribution in [2.24, 2.45) is 0 Å². The third-order valence-corrected chi connectivity index (χ3v) is 5.43. The van der Waals surface area contributed by atoms with Crippen molar-refractivity contribution in [3.8, 4) is 0 Å². The third-order valence-electron chi connectivity index (χ3n) is 5.43. The van der Waals surface area contributed by atoms with Crippen LogP contribution < -0.4 is 0 Å². The first-order valence-corrected chi connectivity index (χ1v) is 8.86. The Balaban J connectivity index is 1.39. The van der Waals surface area contributed by atoms with Crippen LogP contribution in [0.1, 0.15) is 48.5 Å². The molecule has 0 radical (unpaired) electrons. The molecule has 0 spiro atoms. The van der Waals surface area contributed by atoms with Gasteiger partial charge in [0.05, 0.1) is 12.4 Å². The zero-order chi connectivity index (χ0) is 16.6. The standard InChI is InChI=1S/C18H20N6O/c1-2-5-13(6-3-1)16-11-14(15-7-4-10-23(15)16)18-21-17(25-22-18)12-24-19-8-9-20-24/h1-3,5-6,8-9,14-16H,4,7,10-12H2/t14-,15+,16-/m1/s1. The van der Waals surface area contributed by atoms with Crippen LogP contribution >= 0.6 is 0 Å². The van der Waals surface area contributed by atoms with Gasteiger partial charge in [-0.2, -0.15) is 20.0 Å². The van der Waals surface area contributed by atoms with E-state index in [0.29, 0.717) is 30.4 Å². The molecule has 2 aromatic heterocycles. The molecule has 5 rings (SSSR count). The van der Waals surface area contributed by atoms with Crippen LogP contribution in [0.15, 0.2) is 47.2 Å². The molecule has 0 bridgehead atoms. The Morgan fingerprint density at radius 2 is 1.96 bits per heavy atom. The summed E-state index contributed by atoms with van der Waals surface area (Å²) in [4.78, 5) is 8.84. The van der Waals surface area contributed by atoms with Crippen LogP contribution in [0.25, 0.3) is 0 Å². The number of hydrogen-bond donors (Lipinski definition) is 0. The van der Waals surface area contributed by atoms with Gasteiger partial charge in [0.2, 0.25) is 5.89 Å². The minimum atomic E-state index is 0.329. The van der Waals surface area contributed by atoms with Gasteiger partial charge in [-0.3, -0.25) is 4.90 Å². The molecule has 2 aliphatic heterocycles. The summed E-state index contributed by atoms with van der Waals surface area (Å²) in [6, 6.07) is 11.7. The fourth-order valence-electron chi connectivity index (χ4n) is 4.38. The predicted octanol–water partition coefficient (Wildman–Crippen LogP) is 2.40. The van der Waals surface area contributed by atoms with E-state index < -0.39 is 0 Å². The first-order valence-electron chi connectivity index (χ1n) is 8.86. The third kappa shape index (κ3) is 2.64. The number of nitrogens with zero attached hydrogens (tertiary/aromatic N) is 6. The summed E-state index contributed by atoms with van der Waals surface area (Å²) in [7, 11) is 0. The molecule has 3 atom stereocenters. The molecule has 25 heavy (non-hydrogen) atoms. The molecule has 0 N–H and O–H groups in total. The van der Waals surface area contributed by atoms with Gasteiger partial charge in [0.15, 0.2) is 5.82 Å². The lowest BCUT2D eigenvalue weighted by Gasteiger charge is -2.24. The second kappa shape index (κ2) is 6.07. The predicted molar refractivity (Wildman–Crippen MR) is 89.7 cm³/mol. The molecule has 0 saturated carbocycles. The highest BCUT2D eigenvalue weighted by atomic mass is 16.5. The minimum Gasteiger partial charge on any atom is -0.337 e. The molecule has 128 valence electrons. The Bertz CT molecular complexity index is 830. The Morgan fingerprint density at radius 3 is 2.80 bits per heavy atom. The lowest BCUT2D eigenvalue weighted by Crippen LogP contribution is -2.27. The molecule has 2 saturated heterocycles. The second-order valence-corrected chi connectivity index (χ2v) is 6.82. The highest BCUT2D eigenvalue weighted by molar-refractivity contribution is 5.24. The average Bonchev–Trinajstić information content (AvgIpc) is 3.41. The fourth-order valence-corrected chi connectivity index (χ4v) is 4.38. The lowest BCUT2D eigenvalue weighted by molar-refractivity contribution is 0.243. The summed E-state index contributed by atoms with van der Waals surface area (Å²) in [5, 5.41) is 12.5. The van der Waals surface area contributed by atoms with E-state index in [1.54, 1.807) is 17.2 Å². The summed E-state index contributed by atoms with van der Waals surface area (Å²) in [6.07, 6.45) is 6.79. The molecule has 0 amide bonds. The average molecular weight is 336 g/mol. The number of hydrogen-bond acceptors (Lipinski definition) is 6. The molecule has 4 heterocycles. The van der Waals surface area contributed by atoms with E-state index in [0.717, 1.165) is 18.8 Å². The van der Waals surface area contributed by atoms with Crippen molar-refractivity contribution in [3.63, 3.8) is 0 Å². The van der Waals surface area contributed by atoms with Crippen LogP contribution in [0.2, 0.25) is 0 Å². The molecular formula is C18H20N6O. The Labute approximate surface area is 145 Å². The highest BCUT2D eigenvalue weighted by Gasteiger charge is 2.46. The van der Waals surface area contributed by atoms with Gasteiger partial charge in [-0.25, -0.2) is 0 Å². The Kier molecular flexibility index (Phi) is 3.59. The topological polar surface area (TPSA) is 72.9 Å². The lowest BCUT2D eigenvalue weighted by atomic mass is 9.94. The zero-order valence-corrected chi connectivity index (χ0v) is 13.9. The number of benzene rings is 1. The first-order chi connectivity index (χ1) is 12.4. The summed E-state index contributed by atoms with van der Waals surface area (Å²) in [5.41, 5.74) is 1.39. The van der Waals surface area contributed by atoms with Crippen LogP contribution in [0.3, 0.4) is 0 Å². The molecule has 1 aromatic carbocycles. The van der Waals surface area contributed by atoms with E-state index in [2.05, 4.69) is 55.6 Å². The zero-order valence-electron chi connectivity index (χ0n) is 13.9. The SMILES string of the molecule is c1ccc([C@H]2C[C@@H](c3noc(Cn4nccn4)n3)[C@@H]3CCCN23)cc1. The van der Waals surface area contributed by atoms with Crippen LogP contribution in [0.4, 0.5) is 0 Å². The molecule has 0 unspecified atom stereocenters. The normalized spacial score (nSPS) is 26.2. The van der Waals surface area contributed by atoms with E-state index in [1.165, 1.54) is 18.4 Å². The number of fused-ring (bicyclic) bond motifs is 1. The maximum Gasteiger partial charge on any atom is 0.250 e. The fraction of sp³-hybridized carbons (Fsp3) is 0.444. The summed E-state index contributed by atoms with van der Waals surface area (Å²) in [6.45, 7) is 1.58. The molecule has 7 heteroatoms. The van der Waals surface area contributed by atoms with Gasteiger partial charge in [0, 0.05) is 18.0 Å². The maximum absolute atomic E-state index is 5.46. The van der Waals surface area contributed by atoms with Crippen molar-refractivity contribution >= 4 is 0 Å². The first kappa shape index (κ1) is 14.8. The van der Waals surface area contributed by atoms with E-state index in [1.807, 2.05) is 0 Å². The Hall–Kier alpha value is -2.54. The molecule has 7 nitrogen and oxygen atoms in total. The molecular weight excluding hydrogens is 316 g/mol. The van der Waals surface area contributed by atoms with E-state index in [-0.39, 0.29) is 0 Å². The second-order valence-electron chi connectivity index (χ2n) is 6.82. The molecule has 2 aliphatic rings. The van der Waals surface area contributed by atoms with Crippen molar-refractivity contribution in [2.45, 2.75) is 43.8 Å². The number of aromatic nitrogens is 5. The Morgan fingerprint density at radius 1 is 1.12 bits per heavy atom. The quantitative estimate of drug-likeness (QED) is 0.728. The molecule has 2 fully saturated rings. The van der Waals surface area contributed by atoms with E-state index in [4.69, 9.17) is 4.52 Å². The van der Waals surface area contributed by atoms with Crippen molar-refractivity contribution in [1.29, 1.82) is 0 Å². The van der Waals surface area contributed by atoms with Gasteiger partial charge in [0.25, 0.3) is 0 Å². The van der Waals surface area contributed by atoms with Crippen LogP contribution in [0.5, 0.6) is 0 Å². The van der Waals surface area contributed by atoms with E-state index in [9.17, 15) is 0 Å². The van der Waals surface area contributed by atoms with Gasteiger partial charge in [-0.15, -0.1) is 0 Å². The molecule has 0 aliphatic carbocycles. The maximum atomic E-state index is 5.46. The van der Waals surface area contributed by atoms with E-state index >= 15 is 0 Å². The van der Waals surface area contributed by atoms with Crippen LogP contribution in [0, 0.1) is 0 Å². The summed E-state index contributed by atoms with van der Waals surface area (Å²) >= 11 is 0. The van der Waals surface area contributed by atoms with Crippen LogP contribution in [-0.4, -0.2) is 42.6 Å². The summed E-state index contributed by atoms with van der Waals surface area (Å²) in [5.74, 6) is 1.73. The van der Waals surface area contributed by atoms with Crippen molar-refractivity contribution in [2.75, 3.05) is 6.54 Å². The van der Waals surface area contributed by atoms with Gasteiger partial charge in [-0.1, -0.05) is 35.5 Å². The minimum absolute atomic E-state index is 0.329. The van der Waals surface area contributed by atoms with Crippen LogP contribution in [-0.2, 0) is 6.54 Å².